The van der Waals surface area contributed by atoms with Gasteiger partial charge in [0.1, 0.15) is 6.04 Å². The molecule has 198 valence electrons. The molecule has 1 saturated carbocycles. The quantitative estimate of drug-likeness (QED) is 0.515. The molecule has 7 nitrogen and oxygen atoms in total. The highest BCUT2D eigenvalue weighted by atomic mass is 32.2. The predicted octanol–water partition coefficient (Wildman–Crippen LogP) is 3.62. The Morgan fingerprint density at radius 3 is 2.41 bits per heavy atom. The highest BCUT2D eigenvalue weighted by Gasteiger charge is 2.46. The first-order valence-corrected chi connectivity index (χ1v) is 14.5. The summed E-state index contributed by atoms with van der Waals surface area (Å²) < 4.78 is 8.32. The zero-order valence-corrected chi connectivity index (χ0v) is 22.5. The van der Waals surface area contributed by atoms with Gasteiger partial charge in [-0.25, -0.2) is 0 Å². The molecule has 0 bridgehead atoms. The van der Waals surface area contributed by atoms with Gasteiger partial charge in [-0.3, -0.25) is 9.59 Å². The van der Waals surface area contributed by atoms with E-state index in [9.17, 15) is 9.59 Å². The molecule has 0 radical (unpaired) electrons. The molecule has 5 rings (SSSR count). The number of nitrogens with one attached hydrogen (secondary N) is 1. The summed E-state index contributed by atoms with van der Waals surface area (Å²) in [7, 11) is 0. The number of likely N-dealkylation sites (tertiary alicyclic amines) is 1. The van der Waals surface area contributed by atoms with Crippen LogP contribution in [0.1, 0.15) is 49.7 Å². The minimum atomic E-state index is -0.890. The molecule has 2 fully saturated rings. The first-order valence-electron chi connectivity index (χ1n) is 13.4. The highest BCUT2D eigenvalue weighted by Crippen LogP contribution is 2.48. The molecule has 2 aromatic rings. The number of rotatable bonds is 8. The van der Waals surface area contributed by atoms with Crippen LogP contribution in [0.3, 0.4) is 0 Å². The summed E-state index contributed by atoms with van der Waals surface area (Å²) in [4.78, 5) is 28.8. The average molecular weight is 523 g/mol. The molecule has 1 atom stereocenters. The van der Waals surface area contributed by atoms with Crippen molar-refractivity contribution in [1.82, 2.24) is 10.2 Å². The minimum absolute atomic E-state index is 0.0596. The van der Waals surface area contributed by atoms with Crippen LogP contribution in [-0.4, -0.2) is 60.8 Å². The van der Waals surface area contributed by atoms with E-state index in [0.29, 0.717) is 32.5 Å². The summed E-state index contributed by atoms with van der Waals surface area (Å²) in [6, 6.07) is 17.8. The maximum absolute atomic E-state index is 13.7. The molecule has 2 aliphatic heterocycles. The van der Waals surface area contributed by atoms with Gasteiger partial charge in [0.25, 0.3) is 0 Å². The largest absolute Gasteiger partial charge is 0.374 e. The van der Waals surface area contributed by atoms with Crippen molar-refractivity contribution in [1.29, 1.82) is 0 Å². The monoisotopic (exact) mass is 522 g/mol. The molecule has 3 aliphatic rings. The third kappa shape index (κ3) is 5.38. The van der Waals surface area contributed by atoms with Gasteiger partial charge in [-0.1, -0.05) is 73.3 Å². The second-order valence-corrected chi connectivity index (χ2v) is 11.5. The molecule has 2 amide bonds. The standard InChI is InChI=1S/C29H38N4O3S/c1-37-33-21-28(23-11-5-6-12-25(23)33)15-17-32(18-16-28)26(34)24(20-36-19-22-9-3-2-4-10-22)31-27(35)29(30)13-7-8-14-29/h2-6,9-12,24H,7-8,13-21,30H2,1H3,(H,31,35)/t24-/m1/s1. The van der Waals surface area contributed by atoms with Crippen LogP contribution in [0.15, 0.2) is 54.6 Å². The normalized spacial score (nSPS) is 20.6. The zero-order chi connectivity index (χ0) is 25.9. The lowest BCUT2D eigenvalue weighted by Crippen LogP contribution is -2.60. The van der Waals surface area contributed by atoms with Crippen LogP contribution < -0.4 is 15.4 Å². The van der Waals surface area contributed by atoms with E-state index in [1.54, 1.807) is 11.9 Å². The Morgan fingerprint density at radius 1 is 1.03 bits per heavy atom. The molecule has 8 heteroatoms. The van der Waals surface area contributed by atoms with Gasteiger partial charge in [-0.2, -0.15) is 0 Å². The number of hydrogen-bond donors (Lipinski definition) is 2. The highest BCUT2D eigenvalue weighted by molar-refractivity contribution is 8.00. The molecular formula is C29H38N4O3S. The number of ether oxygens (including phenoxy) is 1. The first-order chi connectivity index (χ1) is 17.9. The molecule has 0 unspecified atom stereocenters. The maximum Gasteiger partial charge on any atom is 0.247 e. The summed E-state index contributed by atoms with van der Waals surface area (Å²) in [6.07, 6.45) is 7.11. The fourth-order valence-electron chi connectivity index (χ4n) is 6.13. The van der Waals surface area contributed by atoms with E-state index in [-0.39, 0.29) is 23.8 Å². The topological polar surface area (TPSA) is 87.9 Å². The van der Waals surface area contributed by atoms with Crippen molar-refractivity contribution in [2.75, 3.05) is 36.8 Å². The minimum Gasteiger partial charge on any atom is -0.374 e. The van der Waals surface area contributed by atoms with Crippen LogP contribution in [-0.2, 0) is 26.3 Å². The van der Waals surface area contributed by atoms with Crippen molar-refractivity contribution in [2.24, 2.45) is 5.73 Å². The van der Waals surface area contributed by atoms with Crippen LogP contribution >= 0.6 is 11.9 Å². The lowest BCUT2D eigenvalue weighted by Gasteiger charge is -2.41. The Bertz CT molecular complexity index is 1100. The van der Waals surface area contributed by atoms with E-state index in [4.69, 9.17) is 10.5 Å². The van der Waals surface area contributed by atoms with Gasteiger partial charge in [-0.15, -0.1) is 0 Å². The number of benzene rings is 2. The van der Waals surface area contributed by atoms with Gasteiger partial charge in [0.2, 0.25) is 11.8 Å². The number of carbonyl (C=O) groups is 2. The van der Waals surface area contributed by atoms with E-state index < -0.39 is 11.6 Å². The van der Waals surface area contributed by atoms with Crippen molar-refractivity contribution in [2.45, 2.75) is 62.1 Å². The molecule has 1 saturated heterocycles. The summed E-state index contributed by atoms with van der Waals surface area (Å²) in [6.45, 7) is 2.80. The molecular weight excluding hydrogens is 484 g/mol. The predicted molar refractivity (Wildman–Crippen MR) is 148 cm³/mol. The van der Waals surface area contributed by atoms with Crippen LogP contribution in [0.25, 0.3) is 0 Å². The number of nitrogens with zero attached hydrogens (tertiary/aromatic N) is 2. The van der Waals surface area contributed by atoms with Gasteiger partial charge in [-0.05, 0) is 42.9 Å². The SMILES string of the molecule is CSN1CC2(CCN(C(=O)[C@@H](COCc3ccccc3)NC(=O)C3(N)CCCC3)CC2)c2ccccc21. The van der Waals surface area contributed by atoms with Crippen molar-refractivity contribution in [3.8, 4) is 0 Å². The average Bonchev–Trinajstić information content (AvgIpc) is 3.51. The lowest BCUT2D eigenvalue weighted by molar-refractivity contribution is -0.141. The third-order valence-electron chi connectivity index (χ3n) is 8.39. The van der Waals surface area contributed by atoms with E-state index >= 15 is 0 Å². The number of carbonyl (C=O) groups excluding carboxylic acids is 2. The number of amides is 2. The van der Waals surface area contributed by atoms with Crippen LogP contribution in [0.2, 0.25) is 0 Å². The number of nitrogens with two attached hydrogens (primary N) is 1. The smallest absolute Gasteiger partial charge is 0.247 e. The fourth-order valence-corrected chi connectivity index (χ4v) is 6.86. The van der Waals surface area contributed by atoms with Crippen molar-refractivity contribution < 1.29 is 14.3 Å². The Hall–Kier alpha value is -2.55. The number of anilines is 1. The van der Waals surface area contributed by atoms with Crippen molar-refractivity contribution in [3.63, 3.8) is 0 Å². The lowest BCUT2D eigenvalue weighted by atomic mass is 9.74. The van der Waals surface area contributed by atoms with E-state index in [2.05, 4.69) is 40.1 Å². The Kier molecular flexibility index (Phi) is 7.79. The van der Waals surface area contributed by atoms with E-state index in [1.807, 2.05) is 35.2 Å². The summed E-state index contributed by atoms with van der Waals surface area (Å²) >= 11 is 1.76. The maximum atomic E-state index is 13.7. The Balaban J connectivity index is 1.26. The van der Waals surface area contributed by atoms with Gasteiger partial charge in [0, 0.05) is 31.3 Å². The molecule has 1 aliphatic carbocycles. The number of piperidine rings is 1. The van der Waals surface area contributed by atoms with Gasteiger partial charge in [0.15, 0.2) is 0 Å². The molecule has 37 heavy (non-hydrogen) atoms. The second kappa shape index (κ2) is 11.1. The summed E-state index contributed by atoms with van der Waals surface area (Å²) in [5, 5.41) is 2.98. The number of fused-ring (bicyclic) bond motifs is 2. The summed E-state index contributed by atoms with van der Waals surface area (Å²) in [5.41, 5.74) is 9.29. The van der Waals surface area contributed by atoms with Crippen molar-refractivity contribution >= 4 is 29.4 Å². The second-order valence-electron chi connectivity index (χ2n) is 10.7. The van der Waals surface area contributed by atoms with Gasteiger partial charge >= 0.3 is 0 Å². The Morgan fingerprint density at radius 2 is 1.70 bits per heavy atom. The van der Waals surface area contributed by atoms with Crippen LogP contribution in [0.5, 0.6) is 0 Å². The van der Waals surface area contributed by atoms with Gasteiger partial charge < -0.3 is 25.0 Å². The zero-order valence-electron chi connectivity index (χ0n) is 21.7. The molecule has 3 N–H and O–H groups in total. The number of para-hydroxylation sites is 1. The van der Waals surface area contributed by atoms with Crippen molar-refractivity contribution in [3.05, 3.63) is 65.7 Å². The summed E-state index contributed by atoms with van der Waals surface area (Å²) in [5.74, 6) is -0.314. The van der Waals surface area contributed by atoms with E-state index in [0.717, 1.165) is 37.8 Å². The number of hydrogen-bond acceptors (Lipinski definition) is 6. The van der Waals surface area contributed by atoms with Gasteiger partial charge in [0.05, 0.1) is 24.4 Å². The molecule has 2 aromatic carbocycles. The molecule has 0 aromatic heterocycles. The third-order valence-corrected chi connectivity index (χ3v) is 9.16. The molecule has 2 heterocycles. The van der Waals surface area contributed by atoms with Crippen LogP contribution in [0.4, 0.5) is 5.69 Å². The first kappa shape index (κ1) is 26.1. The van der Waals surface area contributed by atoms with Crippen LogP contribution in [0, 0.1) is 0 Å². The molecule has 1 spiro atoms. The van der Waals surface area contributed by atoms with E-state index in [1.165, 1.54) is 11.3 Å². The fraction of sp³-hybridized carbons (Fsp3) is 0.517. The Labute approximate surface area is 224 Å².